The van der Waals surface area contributed by atoms with Gasteiger partial charge in [0.25, 0.3) is 0 Å². The van der Waals surface area contributed by atoms with Crippen LogP contribution in [0.2, 0.25) is 0 Å². The minimum Gasteiger partial charge on any atom is -0.313 e. The summed E-state index contributed by atoms with van der Waals surface area (Å²) in [6.07, 6.45) is 8.25. The third-order valence-electron chi connectivity index (χ3n) is 4.20. The van der Waals surface area contributed by atoms with Gasteiger partial charge in [-0.05, 0) is 30.0 Å². The molecule has 0 aromatic heterocycles. The van der Waals surface area contributed by atoms with Crippen molar-refractivity contribution in [2.45, 2.75) is 51.6 Å². The summed E-state index contributed by atoms with van der Waals surface area (Å²) < 4.78 is 0. The van der Waals surface area contributed by atoms with Gasteiger partial charge in [-0.15, -0.1) is 0 Å². The van der Waals surface area contributed by atoms with E-state index < -0.39 is 0 Å². The third kappa shape index (κ3) is 5.21. The zero-order valence-electron chi connectivity index (χ0n) is 12.1. The van der Waals surface area contributed by atoms with Crippen LogP contribution in [-0.4, -0.2) is 22.2 Å². The largest absolute Gasteiger partial charge is 0.313 e. The van der Waals surface area contributed by atoms with Crippen molar-refractivity contribution in [2.24, 2.45) is 5.92 Å². The maximum atomic E-state index is 8.94. The van der Waals surface area contributed by atoms with E-state index in [1.54, 1.807) is 0 Å². The van der Waals surface area contributed by atoms with Crippen LogP contribution in [0.5, 0.6) is 0 Å². The molecule has 1 fully saturated rings. The molecule has 0 aliphatic heterocycles. The molecule has 0 saturated heterocycles. The second kappa shape index (κ2) is 8.37. The van der Waals surface area contributed by atoms with Crippen LogP contribution < -0.4 is 5.32 Å². The van der Waals surface area contributed by atoms with Crippen LogP contribution in [0.4, 0.5) is 0 Å². The predicted molar refractivity (Wildman–Crippen MR) is 78.5 cm³/mol. The first-order chi connectivity index (χ1) is 9.75. The smallest absolute Gasteiger partial charge is 0.0766 e. The fourth-order valence-electron chi connectivity index (χ4n) is 3.04. The first-order valence-electron chi connectivity index (χ1n) is 7.68. The summed E-state index contributed by atoms with van der Waals surface area (Å²) in [5.74, 6) is 0.900. The van der Waals surface area contributed by atoms with Gasteiger partial charge in [0.15, 0.2) is 0 Å². The van der Waals surface area contributed by atoms with Gasteiger partial charge in [-0.1, -0.05) is 61.6 Å². The fourth-order valence-corrected chi connectivity index (χ4v) is 3.04. The van der Waals surface area contributed by atoms with Crippen molar-refractivity contribution in [2.75, 3.05) is 6.54 Å². The first kappa shape index (κ1) is 15.4. The van der Waals surface area contributed by atoms with Gasteiger partial charge in [0.05, 0.1) is 6.54 Å². The van der Waals surface area contributed by atoms with E-state index in [1.165, 1.54) is 38.5 Å². The molecule has 1 aromatic rings. The molecule has 1 aliphatic carbocycles. The number of hydrogen-bond acceptors (Lipinski definition) is 4. The summed E-state index contributed by atoms with van der Waals surface area (Å²) in [6, 6.07) is 7.87. The van der Waals surface area contributed by atoms with Crippen molar-refractivity contribution in [1.82, 2.24) is 10.5 Å². The molecule has 20 heavy (non-hydrogen) atoms. The van der Waals surface area contributed by atoms with Gasteiger partial charge in [0, 0.05) is 6.54 Å². The number of nitrogens with one attached hydrogen (secondary N) is 1. The average Bonchev–Trinajstić information content (AvgIpc) is 2.46. The molecule has 2 rings (SSSR count). The average molecular weight is 278 g/mol. The molecule has 4 heteroatoms. The van der Waals surface area contributed by atoms with Crippen LogP contribution in [0.1, 0.15) is 49.7 Å². The molecule has 0 unspecified atom stereocenters. The van der Waals surface area contributed by atoms with Crippen LogP contribution in [-0.2, 0) is 13.1 Å². The Hall–Kier alpha value is -0.940. The van der Waals surface area contributed by atoms with Crippen molar-refractivity contribution in [1.29, 1.82) is 0 Å². The Morgan fingerprint density at radius 1 is 1.05 bits per heavy atom. The molecule has 4 nitrogen and oxygen atoms in total. The highest BCUT2D eigenvalue weighted by Gasteiger charge is 2.12. The minimum atomic E-state index is 0.139. The van der Waals surface area contributed by atoms with Crippen LogP contribution in [0, 0.1) is 5.92 Å². The van der Waals surface area contributed by atoms with Gasteiger partial charge >= 0.3 is 0 Å². The van der Waals surface area contributed by atoms with E-state index in [9.17, 15) is 0 Å². The molecule has 0 heterocycles. The second-order valence-corrected chi connectivity index (χ2v) is 5.77. The van der Waals surface area contributed by atoms with Crippen LogP contribution >= 0.6 is 0 Å². The molecule has 3 N–H and O–H groups in total. The highest BCUT2D eigenvalue weighted by atomic mass is 16.8. The highest BCUT2D eigenvalue weighted by Crippen LogP contribution is 2.25. The molecular weight excluding hydrogens is 252 g/mol. The monoisotopic (exact) mass is 278 g/mol. The topological polar surface area (TPSA) is 55.7 Å². The van der Waals surface area contributed by atoms with Crippen molar-refractivity contribution in [3.8, 4) is 0 Å². The standard InChI is InChI=1S/C16H26N2O2/c19-18(20)13-16-9-5-4-8-15(16)12-17-11-10-14-6-2-1-3-7-14/h4-5,8-9,14,17,19-20H,1-3,6-7,10-13H2. The van der Waals surface area contributed by atoms with Crippen LogP contribution in [0.15, 0.2) is 24.3 Å². The maximum Gasteiger partial charge on any atom is 0.0766 e. The number of rotatable bonds is 7. The molecule has 1 aliphatic rings. The predicted octanol–water partition coefficient (Wildman–Crippen LogP) is 3.33. The summed E-state index contributed by atoms with van der Waals surface area (Å²) in [4.78, 5) is 0. The van der Waals surface area contributed by atoms with Gasteiger partial charge < -0.3 is 5.32 Å². The van der Waals surface area contributed by atoms with E-state index in [0.717, 1.165) is 30.1 Å². The first-order valence-corrected chi connectivity index (χ1v) is 7.68. The van der Waals surface area contributed by atoms with Gasteiger partial charge in [-0.3, -0.25) is 10.4 Å². The Morgan fingerprint density at radius 3 is 2.45 bits per heavy atom. The summed E-state index contributed by atoms with van der Waals surface area (Å²) in [6.45, 7) is 1.97. The minimum absolute atomic E-state index is 0.139. The lowest BCUT2D eigenvalue weighted by Gasteiger charge is -2.21. The fraction of sp³-hybridized carbons (Fsp3) is 0.625. The summed E-state index contributed by atoms with van der Waals surface area (Å²) in [5.41, 5.74) is 2.08. The Balaban J connectivity index is 1.73. The molecule has 0 radical (unpaired) electrons. The lowest BCUT2D eigenvalue weighted by atomic mass is 9.87. The van der Waals surface area contributed by atoms with E-state index in [1.807, 2.05) is 24.3 Å². The second-order valence-electron chi connectivity index (χ2n) is 5.77. The van der Waals surface area contributed by atoms with Gasteiger partial charge in [0.1, 0.15) is 0 Å². The molecular formula is C16H26N2O2. The lowest BCUT2D eigenvalue weighted by molar-refractivity contribution is -0.314. The molecule has 1 aromatic carbocycles. The van der Waals surface area contributed by atoms with Gasteiger partial charge in [-0.25, -0.2) is 0 Å². The van der Waals surface area contributed by atoms with Crippen molar-refractivity contribution in [3.05, 3.63) is 35.4 Å². The zero-order chi connectivity index (χ0) is 14.2. The van der Waals surface area contributed by atoms with Crippen LogP contribution in [0.3, 0.4) is 0 Å². The molecule has 0 atom stereocenters. The quantitative estimate of drug-likeness (QED) is 0.529. The Bertz CT molecular complexity index is 390. The summed E-state index contributed by atoms with van der Waals surface area (Å²) in [5, 5.41) is 21.6. The van der Waals surface area contributed by atoms with E-state index in [-0.39, 0.29) is 11.8 Å². The van der Waals surface area contributed by atoms with Crippen molar-refractivity contribution >= 4 is 0 Å². The number of nitrogens with zero attached hydrogens (tertiary/aromatic N) is 1. The van der Waals surface area contributed by atoms with Crippen molar-refractivity contribution < 1.29 is 10.4 Å². The van der Waals surface area contributed by atoms with E-state index >= 15 is 0 Å². The Kier molecular flexibility index (Phi) is 6.47. The Morgan fingerprint density at radius 2 is 1.75 bits per heavy atom. The highest BCUT2D eigenvalue weighted by molar-refractivity contribution is 5.26. The number of hydrogen-bond donors (Lipinski definition) is 3. The Labute approximate surface area is 121 Å². The normalized spacial score (nSPS) is 16.8. The molecule has 112 valence electrons. The number of hydroxylamine groups is 2. The summed E-state index contributed by atoms with van der Waals surface area (Å²) >= 11 is 0. The van der Waals surface area contributed by atoms with Crippen molar-refractivity contribution in [3.63, 3.8) is 0 Å². The van der Waals surface area contributed by atoms with E-state index in [4.69, 9.17) is 10.4 Å². The molecule has 0 amide bonds. The van der Waals surface area contributed by atoms with Crippen LogP contribution in [0.25, 0.3) is 0 Å². The molecule has 1 saturated carbocycles. The third-order valence-corrected chi connectivity index (χ3v) is 4.20. The van der Waals surface area contributed by atoms with E-state index in [0.29, 0.717) is 0 Å². The molecule has 0 spiro atoms. The maximum absolute atomic E-state index is 8.94. The van der Waals surface area contributed by atoms with Gasteiger partial charge in [0.2, 0.25) is 0 Å². The number of benzene rings is 1. The lowest BCUT2D eigenvalue weighted by Crippen LogP contribution is -2.21. The molecule has 0 bridgehead atoms. The van der Waals surface area contributed by atoms with E-state index in [2.05, 4.69) is 5.32 Å². The summed E-state index contributed by atoms with van der Waals surface area (Å²) in [7, 11) is 0. The van der Waals surface area contributed by atoms with Gasteiger partial charge in [-0.2, -0.15) is 0 Å². The SMILES string of the molecule is ON(O)Cc1ccccc1CNCCC1CCCCC1. The zero-order valence-corrected chi connectivity index (χ0v) is 12.1.